The first-order valence-electron chi connectivity index (χ1n) is 12.5. The fraction of sp³-hybridized carbons (Fsp3) is 0.640. The zero-order chi connectivity index (χ0) is 25.6. The van der Waals surface area contributed by atoms with Gasteiger partial charge in [-0.25, -0.2) is 0 Å². The van der Waals surface area contributed by atoms with Crippen molar-refractivity contribution in [2.75, 3.05) is 38.3 Å². The number of ether oxygens (including phenoxy) is 1. The fourth-order valence-electron chi connectivity index (χ4n) is 5.22. The predicted octanol–water partition coefficient (Wildman–Crippen LogP) is 3.93. The van der Waals surface area contributed by atoms with Gasteiger partial charge in [0.15, 0.2) is 5.16 Å². The maximum atomic E-state index is 14.1. The van der Waals surface area contributed by atoms with E-state index in [4.69, 9.17) is 13.8 Å². The average Bonchev–Trinajstić information content (AvgIpc) is 3.30. The largest absolute Gasteiger partial charge is 0.465 e. The van der Waals surface area contributed by atoms with E-state index < -0.39 is 30.7 Å². The van der Waals surface area contributed by atoms with Crippen LogP contribution in [0.5, 0.6) is 0 Å². The third-order valence-corrected chi connectivity index (χ3v) is 9.74. The minimum atomic E-state index is -3.79. The Kier molecular flexibility index (Phi) is 9.13. The van der Waals surface area contributed by atoms with Crippen LogP contribution in [0.3, 0.4) is 0 Å². The number of anilines is 1. The van der Waals surface area contributed by atoms with Crippen LogP contribution in [-0.2, 0) is 39.2 Å². The van der Waals surface area contributed by atoms with Crippen molar-refractivity contribution in [1.29, 1.82) is 0 Å². The molecule has 10 heteroatoms. The van der Waals surface area contributed by atoms with Gasteiger partial charge in [-0.1, -0.05) is 31.0 Å². The Labute approximate surface area is 207 Å². The van der Waals surface area contributed by atoms with Gasteiger partial charge in [-0.05, 0) is 58.1 Å². The molecule has 1 aromatic rings. The van der Waals surface area contributed by atoms with Crippen LogP contribution in [-0.4, -0.2) is 67.3 Å². The number of carbonyl (C=O) groups is 3. The number of likely N-dealkylation sites (N-methyl/N-ethyl adjacent to an activating group) is 1. The van der Waals surface area contributed by atoms with E-state index in [2.05, 4.69) is 0 Å². The second-order valence-corrected chi connectivity index (χ2v) is 11.3. The number of para-hydroxylation sites is 1. The Bertz CT molecular complexity index is 966. The van der Waals surface area contributed by atoms with Crippen molar-refractivity contribution >= 4 is 31.1 Å². The van der Waals surface area contributed by atoms with Gasteiger partial charge in [0.05, 0.1) is 19.8 Å². The average molecular weight is 509 g/mol. The molecule has 0 saturated heterocycles. The fourth-order valence-corrected chi connectivity index (χ4v) is 7.72. The molecule has 1 aliphatic carbocycles. The summed E-state index contributed by atoms with van der Waals surface area (Å²) in [5.41, 5.74) is 1.55. The molecule has 1 atom stereocenters. The molecule has 0 aromatic heterocycles. The Morgan fingerprint density at radius 2 is 1.71 bits per heavy atom. The summed E-state index contributed by atoms with van der Waals surface area (Å²) in [4.78, 5) is 43.0. The first-order chi connectivity index (χ1) is 16.7. The van der Waals surface area contributed by atoms with Crippen LogP contribution in [0.4, 0.5) is 5.69 Å². The van der Waals surface area contributed by atoms with Gasteiger partial charge in [0.2, 0.25) is 11.8 Å². The molecule has 1 heterocycles. The van der Waals surface area contributed by atoms with Gasteiger partial charge in [0, 0.05) is 12.7 Å². The number of aryl methyl sites for hydroxylation is 1. The first kappa shape index (κ1) is 27.4. The Morgan fingerprint density at radius 3 is 2.31 bits per heavy atom. The van der Waals surface area contributed by atoms with E-state index in [1.54, 1.807) is 33.9 Å². The van der Waals surface area contributed by atoms with Crippen LogP contribution >= 0.6 is 7.60 Å². The van der Waals surface area contributed by atoms with E-state index >= 15 is 0 Å². The number of hydrogen-bond acceptors (Lipinski definition) is 7. The van der Waals surface area contributed by atoms with Crippen LogP contribution < -0.4 is 4.90 Å². The molecule has 0 unspecified atom stereocenters. The molecule has 2 aliphatic rings. The summed E-state index contributed by atoms with van der Waals surface area (Å²) in [5, 5.41) is -1.32. The molecule has 1 aliphatic heterocycles. The van der Waals surface area contributed by atoms with Gasteiger partial charge in [-0.2, -0.15) is 0 Å². The molecule has 1 saturated carbocycles. The van der Waals surface area contributed by atoms with Crippen molar-refractivity contribution in [2.45, 2.75) is 70.5 Å². The van der Waals surface area contributed by atoms with Crippen LogP contribution in [0.25, 0.3) is 0 Å². The van der Waals surface area contributed by atoms with Crippen molar-refractivity contribution in [1.82, 2.24) is 4.90 Å². The maximum absolute atomic E-state index is 14.1. The SMILES string of the molecule is CCOC(=O)CN1C(=O)[C@@H](N(C)C(=O)C2(P(=O)(OCC)OCC)CCCC2)CCc2ccccc21. The predicted molar refractivity (Wildman–Crippen MR) is 132 cm³/mol. The third kappa shape index (κ3) is 5.32. The number of benzene rings is 1. The molecule has 3 rings (SSSR count). The van der Waals surface area contributed by atoms with E-state index in [-0.39, 0.29) is 32.3 Å². The van der Waals surface area contributed by atoms with Crippen LogP contribution in [0.2, 0.25) is 0 Å². The molecule has 0 spiro atoms. The Morgan fingerprint density at radius 1 is 1.09 bits per heavy atom. The summed E-state index contributed by atoms with van der Waals surface area (Å²) in [7, 11) is -2.21. The summed E-state index contributed by atoms with van der Waals surface area (Å²) in [6.45, 7) is 5.42. The maximum Gasteiger partial charge on any atom is 0.346 e. The van der Waals surface area contributed by atoms with Crippen molar-refractivity contribution in [3.8, 4) is 0 Å². The summed E-state index contributed by atoms with van der Waals surface area (Å²) in [5.74, 6) is -1.29. The van der Waals surface area contributed by atoms with E-state index in [9.17, 15) is 18.9 Å². The summed E-state index contributed by atoms with van der Waals surface area (Å²) < 4.78 is 30.3. The number of fused-ring (bicyclic) bond motifs is 1. The molecule has 194 valence electrons. The molecule has 0 bridgehead atoms. The summed E-state index contributed by atoms with van der Waals surface area (Å²) in [6.07, 6.45) is 3.12. The van der Waals surface area contributed by atoms with Gasteiger partial charge in [-0.3, -0.25) is 23.8 Å². The third-order valence-electron chi connectivity index (χ3n) is 6.85. The van der Waals surface area contributed by atoms with Crippen molar-refractivity contribution in [3.63, 3.8) is 0 Å². The zero-order valence-electron chi connectivity index (χ0n) is 21.2. The molecular formula is C25H37N2O7P. The van der Waals surface area contributed by atoms with Gasteiger partial charge in [0.1, 0.15) is 12.6 Å². The number of rotatable bonds is 10. The van der Waals surface area contributed by atoms with Crippen molar-refractivity contribution < 1.29 is 32.7 Å². The minimum Gasteiger partial charge on any atom is -0.465 e. The van der Waals surface area contributed by atoms with Gasteiger partial charge >= 0.3 is 13.6 Å². The van der Waals surface area contributed by atoms with Gasteiger partial charge in [0.25, 0.3) is 0 Å². The molecule has 1 fully saturated rings. The van der Waals surface area contributed by atoms with Crippen molar-refractivity contribution in [2.24, 2.45) is 0 Å². The minimum absolute atomic E-state index is 0.154. The quantitative estimate of drug-likeness (QED) is 0.348. The van der Waals surface area contributed by atoms with E-state index in [0.717, 1.165) is 18.4 Å². The second-order valence-electron chi connectivity index (χ2n) is 8.90. The highest BCUT2D eigenvalue weighted by Gasteiger charge is 2.59. The van der Waals surface area contributed by atoms with Crippen LogP contribution in [0.1, 0.15) is 58.4 Å². The Balaban J connectivity index is 1.97. The Hall–Kier alpha value is -2.22. The highest BCUT2D eigenvalue weighted by molar-refractivity contribution is 7.56. The molecule has 35 heavy (non-hydrogen) atoms. The zero-order valence-corrected chi connectivity index (χ0v) is 22.1. The standard InChI is InChI=1S/C25H37N2O7P/c1-5-32-22(28)18-27-20-13-9-8-12-19(20)14-15-21(23(27)29)26(4)24(30)25(16-10-11-17-25)35(31,33-6-2)34-7-3/h8-9,12-13,21H,5-7,10-11,14-18H2,1-4H3/t21-/m0/s1. The number of esters is 1. The molecule has 2 amide bonds. The lowest BCUT2D eigenvalue weighted by molar-refractivity contribution is -0.143. The molecular weight excluding hydrogens is 471 g/mol. The highest BCUT2D eigenvalue weighted by atomic mass is 31.2. The van der Waals surface area contributed by atoms with Crippen LogP contribution in [0.15, 0.2) is 24.3 Å². The van der Waals surface area contributed by atoms with Gasteiger partial charge < -0.3 is 18.7 Å². The topological polar surface area (TPSA) is 102 Å². The number of nitrogens with zero attached hydrogens (tertiary/aromatic N) is 2. The number of hydrogen-bond donors (Lipinski definition) is 0. The van der Waals surface area contributed by atoms with E-state index in [1.165, 1.54) is 9.80 Å². The van der Waals surface area contributed by atoms with E-state index in [0.29, 0.717) is 31.4 Å². The lowest BCUT2D eigenvalue weighted by Gasteiger charge is -2.39. The molecule has 0 radical (unpaired) electrons. The van der Waals surface area contributed by atoms with Crippen molar-refractivity contribution in [3.05, 3.63) is 29.8 Å². The summed E-state index contributed by atoms with van der Waals surface area (Å²) >= 11 is 0. The highest BCUT2D eigenvalue weighted by Crippen LogP contribution is 2.66. The number of carbonyl (C=O) groups excluding carboxylic acids is 3. The van der Waals surface area contributed by atoms with Gasteiger partial charge in [-0.15, -0.1) is 0 Å². The van der Waals surface area contributed by atoms with Crippen LogP contribution in [0, 0.1) is 0 Å². The summed E-state index contributed by atoms with van der Waals surface area (Å²) in [6, 6.07) is 6.58. The lowest BCUT2D eigenvalue weighted by Crippen LogP contribution is -2.55. The smallest absolute Gasteiger partial charge is 0.346 e. The lowest BCUT2D eigenvalue weighted by atomic mass is 10.0. The molecule has 9 nitrogen and oxygen atoms in total. The first-order valence-corrected chi connectivity index (χ1v) is 14.0. The normalized spacial score (nSPS) is 19.7. The second kappa shape index (κ2) is 11.7. The molecule has 1 aromatic carbocycles. The number of amides is 2. The molecule has 0 N–H and O–H groups in total. The monoisotopic (exact) mass is 508 g/mol. The van der Waals surface area contributed by atoms with E-state index in [1.807, 2.05) is 18.2 Å².